The number of halogens is 2. The second-order valence-corrected chi connectivity index (χ2v) is 7.07. The summed E-state index contributed by atoms with van der Waals surface area (Å²) in [4.78, 5) is 27.0. The molecule has 1 atom stereocenters. The first-order valence-electron chi connectivity index (χ1n) is 9.26. The van der Waals surface area contributed by atoms with Crippen molar-refractivity contribution in [3.05, 3.63) is 82.6 Å². The van der Waals surface area contributed by atoms with Gasteiger partial charge < -0.3 is 10.1 Å². The van der Waals surface area contributed by atoms with E-state index in [2.05, 4.69) is 5.32 Å². The van der Waals surface area contributed by atoms with Crippen LogP contribution in [0.1, 0.15) is 37.9 Å². The maximum Gasteiger partial charge on any atom is 0.338 e. The molecule has 1 aliphatic heterocycles. The van der Waals surface area contributed by atoms with Gasteiger partial charge in [-0.1, -0.05) is 36.4 Å². The molecule has 3 rings (SSSR count). The van der Waals surface area contributed by atoms with Crippen molar-refractivity contribution in [3.63, 3.8) is 0 Å². The fraction of sp³-hybridized carbons (Fsp3) is 0.273. The Balaban J connectivity index is 2.07. The van der Waals surface area contributed by atoms with E-state index < -0.39 is 35.8 Å². The molecule has 0 radical (unpaired) electrons. The Morgan fingerprint density at radius 1 is 1.17 bits per heavy atom. The molecule has 0 bridgehead atoms. The highest BCUT2D eigenvalue weighted by Gasteiger charge is 2.38. The first-order valence-corrected chi connectivity index (χ1v) is 9.26. The smallest absolute Gasteiger partial charge is 0.338 e. The zero-order valence-electron chi connectivity index (χ0n) is 16.4. The SMILES string of the molecule is CC1=C(C(=O)OC(C)C)C(c2ccc(F)cc2F)NC(=O)N1Cc1ccccc1. The maximum absolute atomic E-state index is 14.5. The topological polar surface area (TPSA) is 58.6 Å². The number of hydrogen-bond donors (Lipinski definition) is 1. The van der Waals surface area contributed by atoms with E-state index in [-0.39, 0.29) is 17.7 Å². The van der Waals surface area contributed by atoms with Crippen LogP contribution in [0, 0.1) is 11.6 Å². The van der Waals surface area contributed by atoms with E-state index in [9.17, 15) is 18.4 Å². The molecule has 0 spiro atoms. The van der Waals surface area contributed by atoms with Crippen molar-refractivity contribution in [3.8, 4) is 0 Å². The molecule has 1 N–H and O–H groups in total. The highest BCUT2D eigenvalue weighted by atomic mass is 19.1. The maximum atomic E-state index is 14.5. The zero-order chi connectivity index (χ0) is 21.1. The molecular weight excluding hydrogens is 378 g/mol. The molecule has 2 aromatic carbocycles. The highest BCUT2D eigenvalue weighted by Crippen LogP contribution is 2.33. The monoisotopic (exact) mass is 400 g/mol. The molecular formula is C22H22F2N2O3. The van der Waals surface area contributed by atoms with Crippen LogP contribution in [-0.2, 0) is 16.1 Å². The Labute approximate surface area is 168 Å². The minimum atomic E-state index is -1.08. The van der Waals surface area contributed by atoms with Crippen molar-refractivity contribution in [1.29, 1.82) is 0 Å². The van der Waals surface area contributed by atoms with Crippen molar-refractivity contribution in [2.75, 3.05) is 0 Å². The fourth-order valence-corrected chi connectivity index (χ4v) is 3.25. The summed E-state index contributed by atoms with van der Waals surface area (Å²) in [5.41, 5.74) is 1.33. The van der Waals surface area contributed by atoms with E-state index in [0.29, 0.717) is 5.70 Å². The van der Waals surface area contributed by atoms with Crippen molar-refractivity contribution < 1.29 is 23.1 Å². The van der Waals surface area contributed by atoms with E-state index in [0.717, 1.165) is 17.7 Å². The lowest BCUT2D eigenvalue weighted by atomic mass is 9.94. The lowest BCUT2D eigenvalue weighted by molar-refractivity contribution is -0.143. The number of allylic oxidation sites excluding steroid dienone is 1. The largest absolute Gasteiger partial charge is 0.459 e. The average Bonchev–Trinajstić information content (AvgIpc) is 2.65. The Hall–Kier alpha value is -3.22. The summed E-state index contributed by atoms with van der Waals surface area (Å²) in [5, 5.41) is 2.66. The van der Waals surface area contributed by atoms with E-state index in [1.807, 2.05) is 30.3 Å². The number of urea groups is 1. The first-order chi connectivity index (χ1) is 13.8. The first kappa shape index (κ1) is 20.5. The summed E-state index contributed by atoms with van der Waals surface area (Å²) < 4.78 is 33.2. The van der Waals surface area contributed by atoms with Crippen LogP contribution in [0.5, 0.6) is 0 Å². The molecule has 5 nitrogen and oxygen atoms in total. The number of esters is 1. The number of carbonyl (C=O) groups excluding carboxylic acids is 2. The predicted octanol–water partition coefficient (Wildman–Crippen LogP) is 4.46. The van der Waals surface area contributed by atoms with Gasteiger partial charge in [-0.25, -0.2) is 18.4 Å². The number of carbonyl (C=O) groups is 2. The van der Waals surface area contributed by atoms with E-state index >= 15 is 0 Å². The van der Waals surface area contributed by atoms with E-state index in [4.69, 9.17) is 4.74 Å². The summed E-state index contributed by atoms with van der Waals surface area (Å²) in [6.45, 7) is 5.25. The van der Waals surface area contributed by atoms with Gasteiger partial charge in [-0.2, -0.15) is 0 Å². The van der Waals surface area contributed by atoms with Crippen molar-refractivity contribution >= 4 is 12.0 Å². The Kier molecular flexibility index (Phi) is 5.96. The van der Waals surface area contributed by atoms with Crippen molar-refractivity contribution in [2.24, 2.45) is 0 Å². The number of nitrogens with zero attached hydrogens (tertiary/aromatic N) is 1. The number of hydrogen-bond acceptors (Lipinski definition) is 3. The summed E-state index contributed by atoms with van der Waals surface area (Å²) in [7, 11) is 0. The molecule has 2 amide bonds. The van der Waals surface area contributed by atoms with Crippen LogP contribution in [0.2, 0.25) is 0 Å². The molecule has 0 aromatic heterocycles. The van der Waals surface area contributed by atoms with Crippen LogP contribution >= 0.6 is 0 Å². The molecule has 0 fully saturated rings. The van der Waals surface area contributed by atoms with Gasteiger partial charge in [-0.3, -0.25) is 4.90 Å². The zero-order valence-corrected chi connectivity index (χ0v) is 16.4. The molecule has 2 aromatic rings. The normalized spacial score (nSPS) is 16.8. The second kappa shape index (κ2) is 8.43. The van der Waals surface area contributed by atoms with E-state index in [1.54, 1.807) is 20.8 Å². The molecule has 0 saturated carbocycles. The molecule has 0 aliphatic carbocycles. The highest BCUT2D eigenvalue weighted by molar-refractivity contribution is 5.95. The third kappa shape index (κ3) is 4.45. The Bertz CT molecular complexity index is 958. The average molecular weight is 400 g/mol. The van der Waals surface area contributed by atoms with Crippen LogP contribution in [0.15, 0.2) is 59.8 Å². The Morgan fingerprint density at radius 3 is 2.48 bits per heavy atom. The number of ether oxygens (including phenoxy) is 1. The van der Waals surface area contributed by atoms with Crippen LogP contribution < -0.4 is 5.32 Å². The van der Waals surface area contributed by atoms with Gasteiger partial charge in [0.05, 0.1) is 24.3 Å². The number of nitrogens with one attached hydrogen (secondary N) is 1. The predicted molar refractivity (Wildman–Crippen MR) is 104 cm³/mol. The molecule has 0 saturated heterocycles. The minimum absolute atomic E-state index is 0.00540. The summed E-state index contributed by atoms with van der Waals surface area (Å²) in [5.74, 6) is -2.26. The molecule has 1 aliphatic rings. The molecule has 1 heterocycles. The van der Waals surface area contributed by atoms with Gasteiger partial charge in [0.15, 0.2) is 0 Å². The van der Waals surface area contributed by atoms with Crippen molar-refractivity contribution in [2.45, 2.75) is 39.5 Å². The van der Waals surface area contributed by atoms with Crippen LogP contribution in [0.25, 0.3) is 0 Å². The lowest BCUT2D eigenvalue weighted by Gasteiger charge is -2.35. The van der Waals surface area contributed by atoms with E-state index in [1.165, 1.54) is 11.0 Å². The quantitative estimate of drug-likeness (QED) is 0.754. The van der Waals surface area contributed by atoms with Crippen LogP contribution in [0.3, 0.4) is 0 Å². The number of rotatable bonds is 5. The van der Waals surface area contributed by atoms with Gasteiger partial charge in [0, 0.05) is 17.3 Å². The lowest BCUT2D eigenvalue weighted by Crippen LogP contribution is -2.48. The van der Waals surface area contributed by atoms with Gasteiger partial charge >= 0.3 is 12.0 Å². The molecule has 1 unspecified atom stereocenters. The van der Waals surface area contributed by atoms with Gasteiger partial charge in [0.1, 0.15) is 11.6 Å². The number of amides is 2. The number of benzene rings is 2. The van der Waals surface area contributed by atoms with Crippen molar-refractivity contribution in [1.82, 2.24) is 10.2 Å². The van der Waals surface area contributed by atoms with Gasteiger partial charge in [-0.15, -0.1) is 0 Å². The third-order valence-electron chi connectivity index (χ3n) is 4.62. The molecule has 29 heavy (non-hydrogen) atoms. The van der Waals surface area contributed by atoms with Gasteiger partial charge in [0.25, 0.3) is 0 Å². The minimum Gasteiger partial charge on any atom is -0.459 e. The second-order valence-electron chi connectivity index (χ2n) is 7.07. The summed E-state index contributed by atoms with van der Waals surface area (Å²) in [6.07, 6.45) is -0.401. The summed E-state index contributed by atoms with van der Waals surface area (Å²) >= 11 is 0. The van der Waals surface area contributed by atoms with Crippen LogP contribution in [-0.4, -0.2) is 23.0 Å². The van der Waals surface area contributed by atoms with Gasteiger partial charge in [-0.05, 0) is 32.4 Å². The van der Waals surface area contributed by atoms with Crippen LogP contribution in [0.4, 0.5) is 13.6 Å². The standard InChI is InChI=1S/C22H22F2N2O3/c1-13(2)29-21(27)19-14(3)26(12-15-7-5-4-6-8-15)22(28)25-20(19)17-10-9-16(23)11-18(17)24/h4-11,13,20H,12H2,1-3H3,(H,25,28). The fourth-order valence-electron chi connectivity index (χ4n) is 3.25. The Morgan fingerprint density at radius 2 is 1.86 bits per heavy atom. The molecule has 7 heteroatoms. The van der Waals surface area contributed by atoms with Gasteiger partial charge in [0.2, 0.25) is 0 Å². The molecule has 152 valence electrons. The summed E-state index contributed by atoms with van der Waals surface area (Å²) in [6, 6.07) is 10.7. The third-order valence-corrected chi connectivity index (χ3v) is 4.62.